The number of rotatable bonds is 7. The van der Waals surface area contributed by atoms with E-state index in [1.807, 2.05) is 6.92 Å². The Kier molecular flexibility index (Phi) is 6.13. The largest absolute Gasteiger partial charge is 0.489 e. The van der Waals surface area contributed by atoms with E-state index in [-0.39, 0.29) is 24.0 Å². The fraction of sp³-hybridized carbons (Fsp3) is 0.200. The molecule has 2 aromatic carbocycles. The van der Waals surface area contributed by atoms with Crippen LogP contribution in [0.15, 0.2) is 47.8 Å². The van der Waals surface area contributed by atoms with E-state index in [1.54, 1.807) is 29.6 Å². The maximum atomic E-state index is 14.5. The van der Waals surface area contributed by atoms with Crippen LogP contribution in [0.4, 0.5) is 8.78 Å². The molecule has 0 aliphatic carbocycles. The maximum Gasteiger partial charge on any atom is 0.270 e. The van der Waals surface area contributed by atoms with E-state index >= 15 is 0 Å². The highest BCUT2D eigenvalue weighted by Crippen LogP contribution is 2.29. The van der Waals surface area contributed by atoms with Crippen molar-refractivity contribution in [3.05, 3.63) is 70.7 Å². The van der Waals surface area contributed by atoms with Gasteiger partial charge in [0.25, 0.3) is 5.91 Å². The van der Waals surface area contributed by atoms with Crippen LogP contribution < -0.4 is 10.1 Å². The van der Waals surface area contributed by atoms with E-state index in [9.17, 15) is 13.6 Å². The summed E-state index contributed by atoms with van der Waals surface area (Å²) in [5.74, 6) is -0.783. The fourth-order valence-electron chi connectivity index (χ4n) is 2.38. The Bertz CT molecular complexity index is 943. The van der Waals surface area contributed by atoms with Crippen LogP contribution in [0.5, 0.6) is 5.75 Å². The number of nitrogens with zero attached hydrogens (tertiary/aromatic N) is 1. The Morgan fingerprint density at radius 3 is 2.81 bits per heavy atom. The quantitative estimate of drug-likeness (QED) is 0.632. The van der Waals surface area contributed by atoms with Gasteiger partial charge in [-0.2, -0.15) is 0 Å². The molecule has 0 aliphatic heterocycles. The fourth-order valence-corrected chi connectivity index (χ4v) is 3.21. The van der Waals surface area contributed by atoms with Gasteiger partial charge in [-0.15, -0.1) is 11.3 Å². The van der Waals surface area contributed by atoms with Gasteiger partial charge < -0.3 is 10.1 Å². The molecule has 0 aliphatic rings. The SMILES string of the molecule is CCCNC(=O)c1csc(-c2ccc(OCc3cccc(F)c3)cc2F)n1. The smallest absolute Gasteiger partial charge is 0.270 e. The molecule has 140 valence electrons. The lowest BCUT2D eigenvalue weighted by Crippen LogP contribution is -2.24. The molecule has 0 saturated carbocycles. The summed E-state index contributed by atoms with van der Waals surface area (Å²) >= 11 is 1.20. The van der Waals surface area contributed by atoms with Crippen molar-refractivity contribution >= 4 is 17.2 Å². The number of carbonyl (C=O) groups excluding carboxylic acids is 1. The number of carbonyl (C=O) groups is 1. The van der Waals surface area contributed by atoms with Crippen LogP contribution in [0.3, 0.4) is 0 Å². The van der Waals surface area contributed by atoms with Crippen LogP contribution in [0.1, 0.15) is 29.4 Å². The molecular weight excluding hydrogens is 370 g/mol. The molecule has 0 atom stereocenters. The Labute approximate surface area is 159 Å². The number of hydrogen-bond acceptors (Lipinski definition) is 4. The molecular formula is C20H18F2N2O2S. The molecule has 1 N–H and O–H groups in total. The standard InChI is InChI=1S/C20H18F2N2O2S/c1-2-8-23-19(25)18-12-27-20(24-18)16-7-6-15(10-17(16)22)26-11-13-4-3-5-14(21)9-13/h3-7,9-10,12H,2,8,11H2,1H3,(H,23,25). The molecule has 1 amide bonds. The Morgan fingerprint density at radius 2 is 2.07 bits per heavy atom. The van der Waals surface area contributed by atoms with Crippen molar-refractivity contribution in [3.63, 3.8) is 0 Å². The average Bonchev–Trinajstić information content (AvgIpc) is 3.14. The van der Waals surface area contributed by atoms with Crippen LogP contribution in [-0.4, -0.2) is 17.4 Å². The summed E-state index contributed by atoms with van der Waals surface area (Å²) in [6.45, 7) is 2.66. The van der Waals surface area contributed by atoms with Gasteiger partial charge in [-0.25, -0.2) is 13.8 Å². The lowest BCUT2D eigenvalue weighted by molar-refractivity contribution is 0.0949. The lowest BCUT2D eigenvalue weighted by Gasteiger charge is -2.08. The number of halogens is 2. The highest BCUT2D eigenvalue weighted by Gasteiger charge is 2.14. The van der Waals surface area contributed by atoms with E-state index in [4.69, 9.17) is 4.74 Å². The van der Waals surface area contributed by atoms with E-state index in [1.165, 1.54) is 29.5 Å². The van der Waals surface area contributed by atoms with Crippen molar-refractivity contribution in [2.24, 2.45) is 0 Å². The van der Waals surface area contributed by atoms with Gasteiger partial charge >= 0.3 is 0 Å². The van der Waals surface area contributed by atoms with Gasteiger partial charge in [-0.3, -0.25) is 4.79 Å². The number of aromatic nitrogens is 1. The molecule has 4 nitrogen and oxygen atoms in total. The first-order chi connectivity index (χ1) is 13.1. The second-order valence-electron chi connectivity index (χ2n) is 5.85. The summed E-state index contributed by atoms with van der Waals surface area (Å²) in [5, 5.41) is 4.77. The average molecular weight is 388 g/mol. The molecule has 1 heterocycles. The molecule has 3 aromatic rings. The van der Waals surface area contributed by atoms with Gasteiger partial charge in [-0.05, 0) is 36.2 Å². The summed E-state index contributed by atoms with van der Waals surface area (Å²) < 4.78 is 33.2. The van der Waals surface area contributed by atoms with Crippen molar-refractivity contribution in [2.75, 3.05) is 6.54 Å². The topological polar surface area (TPSA) is 51.2 Å². The van der Waals surface area contributed by atoms with Crippen LogP contribution >= 0.6 is 11.3 Å². The zero-order chi connectivity index (χ0) is 19.2. The summed E-state index contributed by atoms with van der Waals surface area (Å²) in [6, 6.07) is 10.5. The Hall–Kier alpha value is -2.80. The molecule has 7 heteroatoms. The van der Waals surface area contributed by atoms with Crippen molar-refractivity contribution < 1.29 is 18.3 Å². The minimum absolute atomic E-state index is 0.134. The minimum atomic E-state index is -0.499. The normalized spacial score (nSPS) is 10.6. The lowest BCUT2D eigenvalue weighted by atomic mass is 10.2. The molecule has 1 aromatic heterocycles. The van der Waals surface area contributed by atoms with E-state index in [0.717, 1.165) is 6.42 Å². The van der Waals surface area contributed by atoms with Gasteiger partial charge in [0.2, 0.25) is 0 Å². The first kappa shape index (κ1) is 19.0. The van der Waals surface area contributed by atoms with Crippen LogP contribution in [0.25, 0.3) is 10.6 Å². The highest BCUT2D eigenvalue weighted by molar-refractivity contribution is 7.13. The van der Waals surface area contributed by atoms with Crippen molar-refractivity contribution in [2.45, 2.75) is 20.0 Å². The molecule has 0 bridgehead atoms. The van der Waals surface area contributed by atoms with E-state index < -0.39 is 5.82 Å². The second-order valence-corrected chi connectivity index (χ2v) is 6.71. The first-order valence-electron chi connectivity index (χ1n) is 8.47. The summed E-state index contributed by atoms with van der Waals surface area (Å²) in [6.07, 6.45) is 0.828. The van der Waals surface area contributed by atoms with Gasteiger partial charge in [0.05, 0.1) is 0 Å². The third-order valence-corrected chi connectivity index (χ3v) is 4.61. The third-order valence-electron chi connectivity index (χ3n) is 3.74. The summed E-state index contributed by atoms with van der Waals surface area (Å²) in [7, 11) is 0. The zero-order valence-corrected chi connectivity index (χ0v) is 15.5. The molecule has 0 unspecified atom stereocenters. The minimum Gasteiger partial charge on any atom is -0.489 e. The molecule has 27 heavy (non-hydrogen) atoms. The molecule has 0 saturated heterocycles. The summed E-state index contributed by atoms with van der Waals surface area (Å²) in [4.78, 5) is 16.1. The maximum absolute atomic E-state index is 14.5. The number of benzene rings is 2. The number of nitrogens with one attached hydrogen (secondary N) is 1. The van der Waals surface area contributed by atoms with Crippen LogP contribution in [-0.2, 0) is 6.61 Å². The number of thiazole rings is 1. The van der Waals surface area contributed by atoms with Gasteiger partial charge in [0.15, 0.2) is 0 Å². The van der Waals surface area contributed by atoms with Crippen LogP contribution in [0, 0.1) is 11.6 Å². The Morgan fingerprint density at radius 1 is 1.22 bits per heavy atom. The molecule has 3 rings (SSSR count). The van der Waals surface area contributed by atoms with Gasteiger partial charge in [-0.1, -0.05) is 19.1 Å². The van der Waals surface area contributed by atoms with Gasteiger partial charge in [0, 0.05) is 23.6 Å². The number of ether oxygens (including phenoxy) is 1. The van der Waals surface area contributed by atoms with Crippen molar-refractivity contribution in [1.82, 2.24) is 10.3 Å². The highest BCUT2D eigenvalue weighted by atomic mass is 32.1. The third kappa shape index (κ3) is 4.89. The van der Waals surface area contributed by atoms with Crippen molar-refractivity contribution in [3.8, 4) is 16.3 Å². The molecule has 0 spiro atoms. The Balaban J connectivity index is 1.69. The predicted molar refractivity (Wildman–Crippen MR) is 101 cm³/mol. The number of hydrogen-bond donors (Lipinski definition) is 1. The van der Waals surface area contributed by atoms with Crippen molar-refractivity contribution in [1.29, 1.82) is 0 Å². The molecule has 0 fully saturated rings. The summed E-state index contributed by atoms with van der Waals surface area (Å²) in [5.41, 5.74) is 1.23. The zero-order valence-electron chi connectivity index (χ0n) is 14.7. The van der Waals surface area contributed by atoms with E-state index in [2.05, 4.69) is 10.3 Å². The van der Waals surface area contributed by atoms with E-state index in [0.29, 0.717) is 28.4 Å². The molecule has 0 radical (unpaired) electrons. The second kappa shape index (κ2) is 8.73. The monoisotopic (exact) mass is 388 g/mol. The number of amides is 1. The van der Waals surface area contributed by atoms with Crippen LogP contribution in [0.2, 0.25) is 0 Å². The predicted octanol–water partition coefficient (Wildman–Crippen LogP) is 4.81. The van der Waals surface area contributed by atoms with Gasteiger partial charge in [0.1, 0.15) is 34.7 Å². The first-order valence-corrected chi connectivity index (χ1v) is 9.35.